The molecular weight excluding hydrogens is 278 g/mol. The Labute approximate surface area is 121 Å². The van der Waals surface area contributed by atoms with Crippen molar-refractivity contribution >= 4 is 17.3 Å². The van der Waals surface area contributed by atoms with E-state index in [1.54, 1.807) is 22.9 Å². The maximum absolute atomic E-state index is 6.24. The minimum atomic E-state index is 0.0400. The molecule has 20 heavy (non-hydrogen) atoms. The highest BCUT2D eigenvalue weighted by Crippen LogP contribution is 2.34. The Morgan fingerprint density at radius 3 is 3.05 bits per heavy atom. The summed E-state index contributed by atoms with van der Waals surface area (Å²) in [5, 5.41) is 12.5. The van der Waals surface area contributed by atoms with Gasteiger partial charge in [0.15, 0.2) is 5.82 Å². The van der Waals surface area contributed by atoms with E-state index in [1.807, 2.05) is 6.92 Å². The number of nitrogen functional groups attached to an aromatic ring is 1. The van der Waals surface area contributed by atoms with E-state index >= 15 is 0 Å². The van der Waals surface area contributed by atoms with Gasteiger partial charge in [-0.15, -0.1) is 5.10 Å². The highest BCUT2D eigenvalue weighted by atomic mass is 35.5. The van der Waals surface area contributed by atoms with E-state index < -0.39 is 0 Å². The quantitative estimate of drug-likeness (QED) is 0.879. The predicted octanol–water partition coefficient (Wildman–Crippen LogP) is 2.32. The van der Waals surface area contributed by atoms with Crippen LogP contribution in [0.25, 0.3) is 11.4 Å². The number of hydrogen-bond acceptors (Lipinski definition) is 5. The molecule has 106 valence electrons. The summed E-state index contributed by atoms with van der Waals surface area (Å²) in [6.07, 6.45) is 2.21. The van der Waals surface area contributed by atoms with Crippen molar-refractivity contribution in [2.75, 3.05) is 12.3 Å². The Bertz CT molecular complexity index is 588. The maximum Gasteiger partial charge on any atom is 0.185 e. The van der Waals surface area contributed by atoms with Gasteiger partial charge >= 0.3 is 0 Å². The Balaban J connectivity index is 2.01. The van der Waals surface area contributed by atoms with E-state index in [0.29, 0.717) is 22.1 Å². The monoisotopic (exact) mass is 293 g/mol. The summed E-state index contributed by atoms with van der Waals surface area (Å²) in [6, 6.07) is 5.41. The first kappa shape index (κ1) is 13.3. The van der Waals surface area contributed by atoms with Gasteiger partial charge in [0.25, 0.3) is 0 Å². The molecule has 2 atom stereocenters. The van der Waals surface area contributed by atoms with E-state index in [-0.39, 0.29) is 12.1 Å². The lowest BCUT2D eigenvalue weighted by molar-refractivity contribution is 0.0690. The lowest BCUT2D eigenvalue weighted by Gasteiger charge is -2.20. The molecule has 1 saturated heterocycles. The van der Waals surface area contributed by atoms with Crippen LogP contribution in [-0.4, -0.2) is 32.9 Å². The van der Waals surface area contributed by atoms with E-state index in [1.165, 1.54) is 0 Å². The molecule has 1 fully saturated rings. The van der Waals surface area contributed by atoms with Gasteiger partial charge in [-0.3, -0.25) is 0 Å². The lowest BCUT2D eigenvalue weighted by atomic mass is 10.1. The summed E-state index contributed by atoms with van der Waals surface area (Å²) >= 11 is 6.24. The molecule has 2 N–H and O–H groups in total. The highest BCUT2D eigenvalue weighted by Gasteiger charge is 2.28. The number of hydrogen-bond donors (Lipinski definition) is 1. The second-order valence-corrected chi connectivity index (χ2v) is 5.35. The second kappa shape index (κ2) is 5.38. The van der Waals surface area contributed by atoms with Crippen LogP contribution in [0.2, 0.25) is 5.02 Å². The van der Waals surface area contributed by atoms with E-state index in [2.05, 4.69) is 15.5 Å². The SMILES string of the molecule is CC(C1CCCO1)n1nnnc1-c1c(N)cccc1Cl. The molecule has 0 radical (unpaired) electrons. The molecule has 0 amide bonds. The zero-order valence-corrected chi connectivity index (χ0v) is 11.9. The van der Waals surface area contributed by atoms with Crippen molar-refractivity contribution in [3.8, 4) is 11.4 Å². The van der Waals surface area contributed by atoms with Gasteiger partial charge in [0.2, 0.25) is 0 Å². The minimum absolute atomic E-state index is 0.0400. The molecule has 1 aromatic carbocycles. The third-order valence-electron chi connectivity index (χ3n) is 3.65. The number of tetrazole rings is 1. The van der Waals surface area contributed by atoms with Crippen LogP contribution in [0.15, 0.2) is 18.2 Å². The van der Waals surface area contributed by atoms with Gasteiger partial charge in [-0.25, -0.2) is 4.68 Å². The van der Waals surface area contributed by atoms with Crippen molar-refractivity contribution in [3.63, 3.8) is 0 Å². The fourth-order valence-corrected chi connectivity index (χ4v) is 2.82. The van der Waals surface area contributed by atoms with Crippen molar-refractivity contribution in [1.82, 2.24) is 20.2 Å². The number of rotatable bonds is 3. The van der Waals surface area contributed by atoms with Crippen LogP contribution >= 0.6 is 11.6 Å². The Morgan fingerprint density at radius 2 is 2.35 bits per heavy atom. The Morgan fingerprint density at radius 1 is 1.50 bits per heavy atom. The molecular formula is C13H16ClN5O. The fraction of sp³-hybridized carbons (Fsp3) is 0.462. The number of halogens is 1. The first-order valence-corrected chi connectivity index (χ1v) is 7.00. The van der Waals surface area contributed by atoms with Crippen LogP contribution in [0.1, 0.15) is 25.8 Å². The molecule has 2 heterocycles. The average Bonchev–Trinajstić information content (AvgIpc) is 3.09. The first-order valence-electron chi connectivity index (χ1n) is 6.62. The van der Waals surface area contributed by atoms with Gasteiger partial charge in [-0.1, -0.05) is 17.7 Å². The summed E-state index contributed by atoms with van der Waals surface area (Å²) in [5.74, 6) is 0.580. The van der Waals surface area contributed by atoms with Crippen LogP contribution in [0.5, 0.6) is 0 Å². The smallest absolute Gasteiger partial charge is 0.185 e. The summed E-state index contributed by atoms with van der Waals surface area (Å²) in [6.45, 7) is 2.84. The molecule has 0 aliphatic carbocycles. The van der Waals surface area contributed by atoms with Gasteiger partial charge in [0.1, 0.15) is 0 Å². The van der Waals surface area contributed by atoms with Gasteiger partial charge in [-0.05, 0) is 42.3 Å². The average molecular weight is 294 g/mol. The van der Waals surface area contributed by atoms with Crippen molar-refractivity contribution < 1.29 is 4.74 Å². The summed E-state index contributed by atoms with van der Waals surface area (Å²) < 4.78 is 7.45. The standard InChI is InChI=1S/C13H16ClN5O/c1-8(11-6-3-7-20-11)19-13(16-17-18-19)12-9(14)4-2-5-10(12)15/h2,4-5,8,11H,3,6-7,15H2,1H3. The Hall–Kier alpha value is -1.66. The number of ether oxygens (including phenoxy) is 1. The molecule has 0 bridgehead atoms. The Kier molecular flexibility index (Phi) is 3.58. The highest BCUT2D eigenvalue weighted by molar-refractivity contribution is 6.33. The van der Waals surface area contributed by atoms with Gasteiger partial charge in [-0.2, -0.15) is 0 Å². The van der Waals surface area contributed by atoms with Gasteiger partial charge < -0.3 is 10.5 Å². The maximum atomic E-state index is 6.24. The molecule has 3 rings (SSSR count). The predicted molar refractivity (Wildman–Crippen MR) is 76.4 cm³/mol. The lowest BCUT2D eigenvalue weighted by Crippen LogP contribution is -2.23. The van der Waals surface area contributed by atoms with E-state index in [9.17, 15) is 0 Å². The number of nitrogens with zero attached hydrogens (tertiary/aromatic N) is 4. The van der Waals surface area contributed by atoms with Gasteiger partial charge in [0, 0.05) is 12.3 Å². The van der Waals surface area contributed by atoms with Crippen molar-refractivity contribution in [1.29, 1.82) is 0 Å². The summed E-state index contributed by atoms with van der Waals surface area (Å²) in [7, 11) is 0. The third-order valence-corrected chi connectivity index (χ3v) is 3.97. The number of aromatic nitrogens is 4. The van der Waals surface area contributed by atoms with Crippen LogP contribution in [0, 0.1) is 0 Å². The molecule has 0 spiro atoms. The largest absolute Gasteiger partial charge is 0.398 e. The molecule has 0 saturated carbocycles. The molecule has 2 unspecified atom stereocenters. The van der Waals surface area contributed by atoms with Crippen molar-refractivity contribution in [3.05, 3.63) is 23.2 Å². The van der Waals surface area contributed by atoms with Crippen LogP contribution in [0.4, 0.5) is 5.69 Å². The normalized spacial score (nSPS) is 20.2. The van der Waals surface area contributed by atoms with Crippen molar-refractivity contribution in [2.45, 2.75) is 31.9 Å². The van der Waals surface area contributed by atoms with Crippen LogP contribution in [-0.2, 0) is 4.74 Å². The molecule has 1 aliphatic rings. The molecule has 6 nitrogen and oxygen atoms in total. The third kappa shape index (κ3) is 2.25. The molecule has 2 aromatic rings. The van der Waals surface area contributed by atoms with E-state index in [0.717, 1.165) is 19.4 Å². The molecule has 7 heteroatoms. The van der Waals surface area contributed by atoms with Gasteiger partial charge in [0.05, 0.1) is 22.7 Å². The summed E-state index contributed by atoms with van der Waals surface area (Å²) in [4.78, 5) is 0. The second-order valence-electron chi connectivity index (χ2n) is 4.94. The van der Waals surface area contributed by atoms with Crippen molar-refractivity contribution in [2.24, 2.45) is 0 Å². The topological polar surface area (TPSA) is 78.8 Å². The number of benzene rings is 1. The minimum Gasteiger partial charge on any atom is -0.398 e. The zero-order chi connectivity index (χ0) is 14.1. The summed E-state index contributed by atoms with van der Waals surface area (Å²) in [5.41, 5.74) is 7.24. The number of nitrogens with two attached hydrogens (primary N) is 1. The van der Waals surface area contributed by atoms with Crippen LogP contribution in [0.3, 0.4) is 0 Å². The van der Waals surface area contributed by atoms with E-state index in [4.69, 9.17) is 22.1 Å². The number of anilines is 1. The fourth-order valence-electron chi connectivity index (χ4n) is 2.55. The zero-order valence-electron chi connectivity index (χ0n) is 11.2. The molecule has 1 aliphatic heterocycles. The van der Waals surface area contributed by atoms with Crippen LogP contribution < -0.4 is 5.73 Å². The molecule has 1 aromatic heterocycles. The first-order chi connectivity index (χ1) is 9.68.